The van der Waals surface area contributed by atoms with Gasteiger partial charge in [0.2, 0.25) is 0 Å². The van der Waals surface area contributed by atoms with Gasteiger partial charge in [-0.2, -0.15) is 0 Å². The van der Waals surface area contributed by atoms with E-state index in [1.165, 1.54) is 17.3 Å². The first-order chi connectivity index (χ1) is 11.1. The molecule has 23 heavy (non-hydrogen) atoms. The van der Waals surface area contributed by atoms with Crippen molar-refractivity contribution in [2.45, 2.75) is 20.1 Å². The summed E-state index contributed by atoms with van der Waals surface area (Å²) in [6.07, 6.45) is 1.68. The van der Waals surface area contributed by atoms with E-state index >= 15 is 0 Å². The van der Waals surface area contributed by atoms with Crippen molar-refractivity contribution < 1.29 is 9.90 Å². The van der Waals surface area contributed by atoms with Gasteiger partial charge < -0.3 is 5.11 Å². The molecule has 1 aliphatic heterocycles. The second-order valence-electron chi connectivity index (χ2n) is 5.46. The smallest absolute Gasteiger partial charge is 0.282 e. The van der Waals surface area contributed by atoms with Crippen LogP contribution in [0.1, 0.15) is 33.7 Å². The average molecular weight is 307 g/mol. The molecule has 114 valence electrons. The third-order valence-electron chi connectivity index (χ3n) is 3.88. The molecule has 1 aliphatic rings. The van der Waals surface area contributed by atoms with E-state index in [2.05, 4.69) is 19.9 Å². The van der Waals surface area contributed by atoms with E-state index in [4.69, 9.17) is 0 Å². The van der Waals surface area contributed by atoms with Gasteiger partial charge in [-0.1, -0.05) is 0 Å². The Bertz CT molecular complexity index is 956. The van der Waals surface area contributed by atoms with Crippen LogP contribution in [0.2, 0.25) is 0 Å². The summed E-state index contributed by atoms with van der Waals surface area (Å²) in [5.41, 5.74) is 2.84. The fourth-order valence-corrected chi connectivity index (χ4v) is 2.84. The molecule has 1 atom stereocenters. The summed E-state index contributed by atoms with van der Waals surface area (Å²) in [6.45, 7) is 3.87. The van der Waals surface area contributed by atoms with Crippen molar-refractivity contribution in [1.82, 2.24) is 19.9 Å². The minimum absolute atomic E-state index is 0.148. The van der Waals surface area contributed by atoms with Gasteiger partial charge in [-0.15, -0.1) is 0 Å². The van der Waals surface area contributed by atoms with Gasteiger partial charge in [0, 0.05) is 23.5 Å². The number of aliphatic hydroxyl groups excluding tert-OH is 1. The van der Waals surface area contributed by atoms with Crippen molar-refractivity contribution in [2.24, 2.45) is 0 Å². The lowest BCUT2D eigenvalue weighted by Gasteiger charge is -2.19. The van der Waals surface area contributed by atoms with E-state index in [-0.39, 0.29) is 11.4 Å². The maximum atomic E-state index is 12.5. The number of pyridine rings is 2. The summed E-state index contributed by atoms with van der Waals surface area (Å²) in [7, 11) is 0. The van der Waals surface area contributed by atoms with E-state index in [0.29, 0.717) is 11.5 Å². The van der Waals surface area contributed by atoms with Crippen molar-refractivity contribution in [3.05, 3.63) is 53.2 Å². The standard InChI is InChI=1S/C16H13N5O2/c1-8-7-9(2)19-14-10(8)3-4-11(20-14)21-15(22)12-13(16(21)23)18-6-5-17-12/h3-7,15,22H,1-2H3. The maximum absolute atomic E-state index is 12.5. The molecule has 0 bridgehead atoms. The number of anilines is 1. The molecule has 1 amide bonds. The van der Waals surface area contributed by atoms with Crippen LogP contribution in [0.4, 0.5) is 5.82 Å². The molecule has 4 rings (SSSR count). The van der Waals surface area contributed by atoms with Crippen LogP contribution in [0.3, 0.4) is 0 Å². The zero-order valence-corrected chi connectivity index (χ0v) is 12.6. The summed E-state index contributed by atoms with van der Waals surface area (Å²) >= 11 is 0. The number of aryl methyl sites for hydroxylation is 2. The number of hydrogen-bond donors (Lipinski definition) is 1. The van der Waals surface area contributed by atoms with Crippen LogP contribution in [0.25, 0.3) is 11.0 Å². The second kappa shape index (κ2) is 4.79. The third-order valence-corrected chi connectivity index (χ3v) is 3.88. The van der Waals surface area contributed by atoms with Gasteiger partial charge in [0.15, 0.2) is 17.6 Å². The lowest BCUT2D eigenvalue weighted by atomic mass is 10.1. The van der Waals surface area contributed by atoms with Crippen molar-refractivity contribution in [3.8, 4) is 0 Å². The van der Waals surface area contributed by atoms with E-state index < -0.39 is 12.1 Å². The summed E-state index contributed by atoms with van der Waals surface area (Å²) < 4.78 is 0. The molecular weight excluding hydrogens is 294 g/mol. The Kier molecular flexibility index (Phi) is 2.85. The van der Waals surface area contributed by atoms with E-state index in [9.17, 15) is 9.90 Å². The van der Waals surface area contributed by atoms with Crippen molar-refractivity contribution >= 4 is 22.8 Å². The zero-order chi connectivity index (χ0) is 16.1. The lowest BCUT2D eigenvalue weighted by Crippen LogP contribution is -2.28. The highest BCUT2D eigenvalue weighted by Crippen LogP contribution is 2.33. The summed E-state index contributed by atoms with van der Waals surface area (Å²) in [5, 5.41) is 11.3. The van der Waals surface area contributed by atoms with E-state index in [1.807, 2.05) is 26.0 Å². The highest BCUT2D eigenvalue weighted by molar-refractivity contribution is 6.08. The number of hydrogen-bond acceptors (Lipinski definition) is 6. The fourth-order valence-electron chi connectivity index (χ4n) is 2.84. The van der Waals surface area contributed by atoms with Gasteiger partial charge in [0.1, 0.15) is 11.5 Å². The van der Waals surface area contributed by atoms with Gasteiger partial charge in [0.25, 0.3) is 5.91 Å². The second-order valence-corrected chi connectivity index (χ2v) is 5.46. The Morgan fingerprint density at radius 2 is 1.91 bits per heavy atom. The molecule has 0 aliphatic carbocycles. The third kappa shape index (κ3) is 1.97. The Labute approximate surface area is 131 Å². The molecule has 0 saturated carbocycles. The predicted molar refractivity (Wildman–Crippen MR) is 82.8 cm³/mol. The van der Waals surface area contributed by atoms with Gasteiger partial charge >= 0.3 is 0 Å². The molecule has 4 heterocycles. The average Bonchev–Trinajstić information content (AvgIpc) is 2.78. The minimum atomic E-state index is -1.19. The van der Waals surface area contributed by atoms with Crippen molar-refractivity contribution in [2.75, 3.05) is 4.90 Å². The van der Waals surface area contributed by atoms with Crippen LogP contribution < -0.4 is 4.90 Å². The molecule has 7 heteroatoms. The first-order valence-electron chi connectivity index (χ1n) is 7.14. The van der Waals surface area contributed by atoms with Gasteiger partial charge in [-0.05, 0) is 37.6 Å². The highest BCUT2D eigenvalue weighted by atomic mass is 16.3. The zero-order valence-electron chi connectivity index (χ0n) is 12.6. The number of amides is 1. The first kappa shape index (κ1) is 13.7. The Morgan fingerprint density at radius 3 is 2.70 bits per heavy atom. The molecule has 0 aromatic carbocycles. The quantitative estimate of drug-likeness (QED) is 0.735. The predicted octanol–water partition coefficient (Wildman–Crippen LogP) is 1.69. The molecule has 0 spiro atoms. The number of rotatable bonds is 1. The summed E-state index contributed by atoms with van der Waals surface area (Å²) in [6, 6.07) is 5.52. The van der Waals surface area contributed by atoms with E-state index in [1.54, 1.807) is 6.07 Å². The van der Waals surface area contributed by atoms with Crippen LogP contribution in [0.15, 0.2) is 30.6 Å². The van der Waals surface area contributed by atoms with Crippen LogP contribution in [-0.2, 0) is 0 Å². The van der Waals surface area contributed by atoms with Gasteiger partial charge in [-0.25, -0.2) is 15.0 Å². The molecule has 3 aromatic heterocycles. The molecule has 0 fully saturated rings. The first-order valence-corrected chi connectivity index (χ1v) is 7.14. The highest BCUT2D eigenvalue weighted by Gasteiger charge is 2.39. The summed E-state index contributed by atoms with van der Waals surface area (Å²) in [5.74, 6) is -0.0934. The largest absolute Gasteiger partial charge is 0.367 e. The number of aliphatic hydroxyl groups is 1. The van der Waals surface area contributed by atoms with Crippen LogP contribution in [0.5, 0.6) is 0 Å². The Hall–Kier alpha value is -2.93. The van der Waals surface area contributed by atoms with Crippen LogP contribution in [-0.4, -0.2) is 30.9 Å². The normalized spacial score (nSPS) is 16.9. The molecular formula is C16H13N5O2. The Morgan fingerprint density at radius 1 is 1.13 bits per heavy atom. The van der Waals surface area contributed by atoms with Gasteiger partial charge in [0.05, 0.1) is 0 Å². The number of aromatic nitrogens is 4. The molecule has 1 unspecified atom stereocenters. The lowest BCUT2D eigenvalue weighted by molar-refractivity contribution is 0.0929. The number of nitrogens with zero attached hydrogens (tertiary/aromatic N) is 5. The van der Waals surface area contributed by atoms with Gasteiger partial charge in [-0.3, -0.25) is 14.7 Å². The number of carbonyl (C=O) groups is 1. The fraction of sp³-hybridized carbons (Fsp3) is 0.188. The van der Waals surface area contributed by atoms with Crippen molar-refractivity contribution in [1.29, 1.82) is 0 Å². The molecule has 0 radical (unpaired) electrons. The molecule has 1 N–H and O–H groups in total. The molecule has 7 nitrogen and oxygen atoms in total. The Balaban J connectivity index is 1.86. The topological polar surface area (TPSA) is 92.1 Å². The monoisotopic (exact) mass is 307 g/mol. The van der Waals surface area contributed by atoms with Crippen molar-refractivity contribution in [3.63, 3.8) is 0 Å². The number of carbonyl (C=O) groups excluding carboxylic acids is 1. The van der Waals surface area contributed by atoms with Crippen LogP contribution >= 0.6 is 0 Å². The molecule has 0 saturated heterocycles. The van der Waals surface area contributed by atoms with Crippen LogP contribution in [0, 0.1) is 13.8 Å². The maximum Gasteiger partial charge on any atom is 0.282 e. The summed E-state index contributed by atoms with van der Waals surface area (Å²) in [4.78, 5) is 30.6. The number of fused-ring (bicyclic) bond motifs is 2. The molecule has 3 aromatic rings. The van der Waals surface area contributed by atoms with E-state index in [0.717, 1.165) is 16.6 Å². The SMILES string of the molecule is Cc1cc(C)c2ccc(N3C(=O)c4nccnc4C3O)nc2n1. The minimum Gasteiger partial charge on any atom is -0.367 e.